The van der Waals surface area contributed by atoms with Crippen molar-refractivity contribution < 1.29 is 4.79 Å². The molecule has 0 saturated carbocycles. The molecule has 0 unspecified atom stereocenters. The molecule has 0 radical (unpaired) electrons. The molecule has 134 valence electrons. The summed E-state index contributed by atoms with van der Waals surface area (Å²) >= 11 is 7.25. The van der Waals surface area contributed by atoms with Gasteiger partial charge in [-0.25, -0.2) is 4.98 Å². The number of rotatable bonds is 8. The molecule has 25 heavy (non-hydrogen) atoms. The molecule has 7 heteroatoms. The fourth-order valence-corrected chi connectivity index (χ4v) is 3.45. The number of hydrogen-bond donors (Lipinski definition) is 1. The van der Waals surface area contributed by atoms with Gasteiger partial charge in [-0.2, -0.15) is 0 Å². The van der Waals surface area contributed by atoms with Gasteiger partial charge in [0.25, 0.3) is 5.56 Å². The summed E-state index contributed by atoms with van der Waals surface area (Å²) in [6, 6.07) is 5.17. The number of hydrogen-bond acceptors (Lipinski definition) is 4. The van der Waals surface area contributed by atoms with Crippen LogP contribution < -0.4 is 10.9 Å². The first-order valence-corrected chi connectivity index (χ1v) is 9.59. The first-order valence-electron chi connectivity index (χ1n) is 8.23. The van der Waals surface area contributed by atoms with Crippen LogP contribution in [0.4, 0.5) is 0 Å². The van der Waals surface area contributed by atoms with Gasteiger partial charge in [0, 0.05) is 17.6 Å². The summed E-state index contributed by atoms with van der Waals surface area (Å²) in [4.78, 5) is 29.3. The number of amides is 1. The second-order valence-electron chi connectivity index (χ2n) is 5.63. The summed E-state index contributed by atoms with van der Waals surface area (Å²) in [5.41, 5.74) is 0.366. The molecule has 0 fully saturated rings. The van der Waals surface area contributed by atoms with Crippen LogP contribution >= 0.6 is 23.4 Å². The number of nitrogens with one attached hydrogen (secondary N) is 1. The minimum atomic E-state index is -0.163. The molecule has 5 nitrogen and oxygen atoms in total. The number of carbonyl (C=O) groups is 1. The van der Waals surface area contributed by atoms with Crippen LogP contribution in [0.1, 0.15) is 26.7 Å². The average molecular weight is 380 g/mol. The van der Waals surface area contributed by atoms with E-state index < -0.39 is 0 Å². The van der Waals surface area contributed by atoms with Gasteiger partial charge in [-0.3, -0.25) is 14.2 Å². The zero-order valence-corrected chi connectivity index (χ0v) is 16.0. The smallest absolute Gasteiger partial charge is 0.262 e. The molecular formula is C18H22ClN3O2S. The summed E-state index contributed by atoms with van der Waals surface area (Å²) in [5, 5.41) is 4.48. The maximum atomic E-state index is 12.7. The zero-order chi connectivity index (χ0) is 18.4. The van der Waals surface area contributed by atoms with E-state index in [1.165, 1.54) is 16.3 Å². The molecule has 0 aliphatic heterocycles. The summed E-state index contributed by atoms with van der Waals surface area (Å²) < 4.78 is 1.53. The molecular weight excluding hydrogens is 358 g/mol. The van der Waals surface area contributed by atoms with Crippen LogP contribution in [0.2, 0.25) is 5.02 Å². The van der Waals surface area contributed by atoms with Gasteiger partial charge in [0.05, 0.1) is 16.7 Å². The van der Waals surface area contributed by atoms with E-state index in [-0.39, 0.29) is 23.3 Å². The van der Waals surface area contributed by atoms with E-state index in [9.17, 15) is 9.59 Å². The first-order chi connectivity index (χ1) is 12.0. The minimum absolute atomic E-state index is 0.0655. The minimum Gasteiger partial charge on any atom is -0.353 e. The fraction of sp³-hybridized carbons (Fsp3) is 0.389. The number of thioether (sulfide) groups is 1. The summed E-state index contributed by atoms with van der Waals surface area (Å²) in [6.45, 7) is 8.11. The lowest BCUT2D eigenvalue weighted by Gasteiger charge is -2.15. The Kier molecular flexibility index (Phi) is 7.08. The largest absolute Gasteiger partial charge is 0.353 e. The maximum absolute atomic E-state index is 12.7. The van der Waals surface area contributed by atoms with Gasteiger partial charge in [-0.1, -0.05) is 43.3 Å². The van der Waals surface area contributed by atoms with Crippen LogP contribution in [0, 0.1) is 0 Å². The Morgan fingerprint density at radius 1 is 1.44 bits per heavy atom. The predicted molar refractivity (Wildman–Crippen MR) is 104 cm³/mol. The molecule has 1 amide bonds. The van der Waals surface area contributed by atoms with Gasteiger partial charge >= 0.3 is 0 Å². The molecule has 1 aromatic heterocycles. The van der Waals surface area contributed by atoms with Crippen molar-refractivity contribution in [3.8, 4) is 0 Å². The van der Waals surface area contributed by atoms with E-state index in [1.807, 2.05) is 13.8 Å². The molecule has 1 N–H and O–H groups in total. The van der Waals surface area contributed by atoms with E-state index in [0.29, 0.717) is 27.6 Å². The van der Waals surface area contributed by atoms with Crippen molar-refractivity contribution in [2.75, 3.05) is 5.75 Å². The van der Waals surface area contributed by atoms with Crippen molar-refractivity contribution >= 4 is 40.2 Å². The summed E-state index contributed by atoms with van der Waals surface area (Å²) in [7, 11) is 0. The Labute approximate surface area is 156 Å². The Balaban J connectivity index is 2.29. The lowest BCUT2D eigenvalue weighted by atomic mass is 10.2. The lowest BCUT2D eigenvalue weighted by Crippen LogP contribution is -2.35. The van der Waals surface area contributed by atoms with Crippen LogP contribution in [0.15, 0.2) is 40.8 Å². The Hall–Kier alpha value is -1.79. The first kappa shape index (κ1) is 19.5. The van der Waals surface area contributed by atoms with Crippen molar-refractivity contribution in [3.63, 3.8) is 0 Å². The van der Waals surface area contributed by atoms with E-state index in [4.69, 9.17) is 11.6 Å². The number of allylic oxidation sites excluding steroid dienone is 1. The number of nitrogens with zero attached hydrogens (tertiary/aromatic N) is 2. The number of fused-ring (bicyclic) bond motifs is 1. The van der Waals surface area contributed by atoms with Gasteiger partial charge in [0.2, 0.25) is 5.91 Å². The second-order valence-corrected chi connectivity index (χ2v) is 7.01. The fourth-order valence-electron chi connectivity index (χ4n) is 2.47. The molecule has 0 saturated heterocycles. The van der Waals surface area contributed by atoms with E-state index >= 15 is 0 Å². The topological polar surface area (TPSA) is 64.0 Å². The summed E-state index contributed by atoms with van der Waals surface area (Å²) in [6.07, 6.45) is 3.42. The molecule has 0 aliphatic carbocycles. The van der Waals surface area contributed by atoms with Crippen LogP contribution in [-0.4, -0.2) is 27.3 Å². The zero-order valence-electron chi connectivity index (χ0n) is 14.4. The predicted octanol–water partition coefficient (Wildman–Crippen LogP) is 3.63. The van der Waals surface area contributed by atoms with Gasteiger partial charge in [0.1, 0.15) is 0 Å². The van der Waals surface area contributed by atoms with E-state index in [0.717, 1.165) is 12.8 Å². The SMILES string of the molecule is C=CCn1c(SCC(=O)NC(CC)CC)nc2cc(Cl)ccc2c1=O. The highest BCUT2D eigenvalue weighted by Gasteiger charge is 2.14. The van der Waals surface area contributed by atoms with Gasteiger partial charge in [0.15, 0.2) is 5.16 Å². The maximum Gasteiger partial charge on any atom is 0.262 e. The summed E-state index contributed by atoms with van der Waals surface area (Å²) in [5.74, 6) is 0.135. The highest BCUT2D eigenvalue weighted by atomic mass is 35.5. The average Bonchev–Trinajstić information content (AvgIpc) is 2.60. The van der Waals surface area contributed by atoms with Crippen molar-refractivity contribution in [1.82, 2.24) is 14.9 Å². The molecule has 1 aromatic carbocycles. The Morgan fingerprint density at radius 2 is 2.16 bits per heavy atom. The monoisotopic (exact) mass is 379 g/mol. The van der Waals surface area contributed by atoms with Crippen molar-refractivity contribution in [2.45, 2.75) is 44.4 Å². The van der Waals surface area contributed by atoms with Crippen molar-refractivity contribution in [2.24, 2.45) is 0 Å². The number of carbonyl (C=O) groups excluding carboxylic acids is 1. The van der Waals surface area contributed by atoms with Gasteiger partial charge in [-0.15, -0.1) is 6.58 Å². The number of aromatic nitrogens is 2. The molecule has 0 spiro atoms. The normalized spacial score (nSPS) is 11.0. The van der Waals surface area contributed by atoms with Crippen LogP contribution in [0.25, 0.3) is 10.9 Å². The van der Waals surface area contributed by atoms with Crippen molar-refractivity contribution in [1.29, 1.82) is 0 Å². The van der Waals surface area contributed by atoms with E-state index in [1.54, 1.807) is 24.3 Å². The molecule has 2 aromatic rings. The molecule has 0 bridgehead atoms. The Bertz CT molecular complexity index is 831. The third-order valence-electron chi connectivity index (χ3n) is 3.88. The Morgan fingerprint density at radius 3 is 2.80 bits per heavy atom. The third-order valence-corrected chi connectivity index (χ3v) is 5.09. The molecule has 0 aliphatic rings. The number of benzene rings is 1. The molecule has 2 rings (SSSR count). The highest BCUT2D eigenvalue weighted by Crippen LogP contribution is 2.20. The van der Waals surface area contributed by atoms with Crippen molar-refractivity contribution in [3.05, 3.63) is 46.2 Å². The van der Waals surface area contributed by atoms with Gasteiger partial charge < -0.3 is 5.32 Å². The standard InChI is InChI=1S/C18H22ClN3O2S/c1-4-9-22-17(24)14-8-7-12(19)10-15(14)21-18(22)25-11-16(23)20-13(5-2)6-3/h4,7-8,10,13H,1,5-6,9,11H2,2-3H3,(H,20,23). The number of halogens is 1. The van der Waals surface area contributed by atoms with Crippen LogP contribution in [0.5, 0.6) is 0 Å². The highest BCUT2D eigenvalue weighted by molar-refractivity contribution is 7.99. The second kappa shape index (κ2) is 9.06. The third kappa shape index (κ3) is 4.86. The van der Waals surface area contributed by atoms with E-state index in [2.05, 4.69) is 16.9 Å². The van der Waals surface area contributed by atoms with Gasteiger partial charge in [-0.05, 0) is 31.0 Å². The van der Waals surface area contributed by atoms with Crippen LogP contribution in [-0.2, 0) is 11.3 Å². The molecule has 0 atom stereocenters. The molecule has 1 heterocycles. The van der Waals surface area contributed by atoms with Crippen LogP contribution in [0.3, 0.4) is 0 Å². The quantitative estimate of drug-likeness (QED) is 0.432. The lowest BCUT2D eigenvalue weighted by molar-refractivity contribution is -0.119.